The monoisotopic (exact) mass is 346 g/mol. The Balaban J connectivity index is 2.55. The molecule has 0 aliphatic rings. The lowest BCUT2D eigenvalue weighted by atomic mass is 10.1. The predicted octanol–water partition coefficient (Wildman–Crippen LogP) is 1.95. The van der Waals surface area contributed by atoms with Crippen molar-refractivity contribution in [3.05, 3.63) is 28.5 Å². The summed E-state index contributed by atoms with van der Waals surface area (Å²) in [6.07, 6.45) is 1.52. The van der Waals surface area contributed by atoms with Gasteiger partial charge >= 0.3 is 0 Å². The molecule has 1 aromatic heterocycles. The molecular formula is C15H15ClN6O2. The van der Waals surface area contributed by atoms with Crippen molar-refractivity contribution in [2.75, 3.05) is 31.8 Å². The van der Waals surface area contributed by atoms with Crippen LogP contribution in [-0.2, 0) is 0 Å². The Morgan fingerprint density at radius 1 is 1.38 bits per heavy atom. The highest BCUT2D eigenvalue weighted by Crippen LogP contribution is 2.35. The van der Waals surface area contributed by atoms with Crippen molar-refractivity contribution in [2.24, 2.45) is 0 Å². The number of nitrogens with zero attached hydrogens (tertiary/aromatic N) is 5. The molecule has 0 amide bonds. The number of halogens is 1. The van der Waals surface area contributed by atoms with Crippen LogP contribution in [0.3, 0.4) is 0 Å². The van der Waals surface area contributed by atoms with Gasteiger partial charge in [0.15, 0.2) is 17.3 Å². The van der Waals surface area contributed by atoms with Gasteiger partial charge in [0.05, 0.1) is 17.7 Å². The fourth-order valence-corrected chi connectivity index (χ4v) is 2.07. The van der Waals surface area contributed by atoms with Crippen molar-refractivity contribution in [3.8, 4) is 17.6 Å². The number of rotatable bonds is 4. The van der Waals surface area contributed by atoms with Crippen molar-refractivity contribution < 1.29 is 9.84 Å². The topological polar surface area (TPSA) is 121 Å². The Morgan fingerprint density at radius 3 is 2.67 bits per heavy atom. The molecule has 3 N–H and O–H groups in total. The molecule has 0 spiro atoms. The number of ether oxygens (including phenoxy) is 1. The summed E-state index contributed by atoms with van der Waals surface area (Å²) in [5, 5.41) is 19.3. The van der Waals surface area contributed by atoms with Crippen molar-refractivity contribution in [1.29, 1.82) is 5.26 Å². The second kappa shape index (κ2) is 7.02. The molecule has 0 bridgehead atoms. The molecule has 8 nitrogen and oxygen atoms in total. The van der Waals surface area contributed by atoms with Crippen LogP contribution in [0, 0.1) is 11.3 Å². The third kappa shape index (κ3) is 3.64. The number of phenolic OH excluding ortho intramolecular Hbond substituents is 1. The van der Waals surface area contributed by atoms with E-state index in [-0.39, 0.29) is 33.9 Å². The van der Waals surface area contributed by atoms with Crippen LogP contribution in [0.1, 0.15) is 11.4 Å². The van der Waals surface area contributed by atoms with Crippen molar-refractivity contribution in [2.45, 2.75) is 0 Å². The largest absolute Gasteiger partial charge is 0.503 e. The highest BCUT2D eigenvalue weighted by atomic mass is 35.5. The Morgan fingerprint density at radius 2 is 2.08 bits per heavy atom. The zero-order valence-electron chi connectivity index (χ0n) is 13.3. The smallest absolute Gasteiger partial charge is 0.230 e. The summed E-state index contributed by atoms with van der Waals surface area (Å²) in [5.74, 6) is 0.493. The number of aromatic hydroxyl groups is 1. The maximum Gasteiger partial charge on any atom is 0.230 e. The SMILES string of the molecule is COc1cc(/C=C(\C#N)c2nc(N)nc(N(C)C)n2)cc(Cl)c1O. The van der Waals surface area contributed by atoms with Crippen LogP contribution >= 0.6 is 11.6 Å². The van der Waals surface area contributed by atoms with Gasteiger partial charge in [-0.2, -0.15) is 20.2 Å². The van der Waals surface area contributed by atoms with Crippen LogP contribution in [0.5, 0.6) is 11.5 Å². The van der Waals surface area contributed by atoms with E-state index in [1.165, 1.54) is 25.3 Å². The van der Waals surface area contributed by atoms with E-state index in [2.05, 4.69) is 15.0 Å². The third-order valence-corrected chi connectivity index (χ3v) is 3.27. The lowest BCUT2D eigenvalue weighted by Crippen LogP contribution is -2.15. The molecule has 124 valence electrons. The number of benzene rings is 1. The number of phenols is 1. The summed E-state index contributed by atoms with van der Waals surface area (Å²) in [6, 6.07) is 5.05. The summed E-state index contributed by atoms with van der Waals surface area (Å²) in [6.45, 7) is 0. The number of nitrogen functional groups attached to an aromatic ring is 1. The number of nitrogens with two attached hydrogens (primary N) is 1. The molecular weight excluding hydrogens is 332 g/mol. The van der Waals surface area contributed by atoms with Crippen LogP contribution < -0.4 is 15.4 Å². The molecule has 9 heteroatoms. The minimum Gasteiger partial charge on any atom is -0.503 e. The molecule has 0 unspecified atom stereocenters. The molecule has 1 heterocycles. The summed E-state index contributed by atoms with van der Waals surface area (Å²) < 4.78 is 5.04. The van der Waals surface area contributed by atoms with Crippen molar-refractivity contribution in [1.82, 2.24) is 15.0 Å². The average molecular weight is 347 g/mol. The fraction of sp³-hybridized carbons (Fsp3) is 0.200. The molecule has 0 aliphatic carbocycles. The summed E-state index contributed by atoms with van der Waals surface area (Å²) in [5.41, 5.74) is 6.37. The number of aromatic nitrogens is 3. The quantitative estimate of drug-likeness (QED) is 0.805. The Hall–Kier alpha value is -3.05. The molecule has 24 heavy (non-hydrogen) atoms. The molecule has 2 rings (SSSR count). The molecule has 0 saturated carbocycles. The van der Waals surface area contributed by atoms with Crippen LogP contribution in [0.2, 0.25) is 5.02 Å². The van der Waals surface area contributed by atoms with E-state index in [0.29, 0.717) is 11.5 Å². The lowest BCUT2D eigenvalue weighted by molar-refractivity contribution is 0.373. The summed E-state index contributed by atoms with van der Waals surface area (Å²) in [7, 11) is 4.90. The van der Waals surface area contributed by atoms with Crippen molar-refractivity contribution in [3.63, 3.8) is 0 Å². The van der Waals surface area contributed by atoms with Gasteiger partial charge in [0.2, 0.25) is 11.9 Å². The van der Waals surface area contributed by atoms with Gasteiger partial charge in [-0.1, -0.05) is 11.6 Å². The van der Waals surface area contributed by atoms with Gasteiger partial charge in [0.1, 0.15) is 6.07 Å². The van der Waals surface area contributed by atoms with E-state index in [0.717, 1.165) is 0 Å². The zero-order valence-corrected chi connectivity index (χ0v) is 14.0. The number of hydrogen-bond acceptors (Lipinski definition) is 8. The van der Waals surface area contributed by atoms with Gasteiger partial charge in [-0.15, -0.1) is 0 Å². The average Bonchev–Trinajstić information content (AvgIpc) is 2.54. The number of methoxy groups -OCH3 is 1. The van der Waals surface area contributed by atoms with Gasteiger partial charge in [0.25, 0.3) is 0 Å². The van der Waals surface area contributed by atoms with Gasteiger partial charge in [-0.25, -0.2) is 0 Å². The van der Waals surface area contributed by atoms with Crippen LogP contribution in [0.4, 0.5) is 11.9 Å². The highest BCUT2D eigenvalue weighted by molar-refractivity contribution is 6.32. The molecule has 0 radical (unpaired) electrons. The number of hydrogen-bond donors (Lipinski definition) is 2. The molecule has 2 aromatic rings. The first kappa shape index (κ1) is 17.3. The van der Waals surface area contributed by atoms with E-state index >= 15 is 0 Å². The first-order valence-electron chi connectivity index (χ1n) is 6.73. The standard InChI is InChI=1S/C15H15ClN6O2/c1-22(2)15-20-13(19-14(18)21-15)9(7-17)4-8-5-10(16)12(23)11(6-8)24-3/h4-6,23H,1-3H3,(H2,18,19,20,21)/b9-4+. The van der Waals surface area contributed by atoms with Crippen LogP contribution in [0.25, 0.3) is 11.6 Å². The zero-order chi connectivity index (χ0) is 17.9. The predicted molar refractivity (Wildman–Crippen MR) is 91.7 cm³/mol. The minimum absolute atomic E-state index is 0.00571. The van der Waals surface area contributed by atoms with Crippen LogP contribution in [-0.4, -0.2) is 41.3 Å². The van der Waals surface area contributed by atoms with E-state index in [9.17, 15) is 10.4 Å². The summed E-state index contributed by atoms with van der Waals surface area (Å²) in [4.78, 5) is 13.8. The summed E-state index contributed by atoms with van der Waals surface area (Å²) >= 11 is 5.95. The maximum absolute atomic E-state index is 9.77. The van der Waals surface area contributed by atoms with E-state index in [1.54, 1.807) is 19.0 Å². The molecule has 0 fully saturated rings. The molecule has 0 saturated heterocycles. The van der Waals surface area contributed by atoms with E-state index < -0.39 is 0 Å². The second-order valence-electron chi connectivity index (χ2n) is 4.94. The second-order valence-corrected chi connectivity index (χ2v) is 5.34. The Bertz CT molecular complexity index is 845. The van der Waals surface area contributed by atoms with E-state index in [4.69, 9.17) is 22.1 Å². The Kier molecular flexibility index (Phi) is 5.06. The van der Waals surface area contributed by atoms with Gasteiger partial charge < -0.3 is 20.5 Å². The number of allylic oxidation sites excluding steroid dienone is 1. The maximum atomic E-state index is 9.77. The fourth-order valence-electron chi connectivity index (χ4n) is 1.85. The third-order valence-electron chi connectivity index (χ3n) is 2.98. The number of anilines is 2. The normalized spacial score (nSPS) is 11.0. The van der Waals surface area contributed by atoms with Gasteiger partial charge in [0, 0.05) is 14.1 Å². The molecule has 1 aromatic carbocycles. The highest BCUT2D eigenvalue weighted by Gasteiger charge is 2.13. The van der Waals surface area contributed by atoms with Crippen molar-refractivity contribution >= 4 is 35.1 Å². The Labute approximate surface area is 143 Å². The minimum atomic E-state index is -0.172. The molecule has 0 aliphatic heterocycles. The lowest BCUT2D eigenvalue weighted by Gasteiger charge is -2.11. The van der Waals surface area contributed by atoms with Gasteiger partial charge in [-0.3, -0.25) is 0 Å². The van der Waals surface area contributed by atoms with Gasteiger partial charge in [-0.05, 0) is 23.8 Å². The van der Waals surface area contributed by atoms with Crippen LogP contribution in [0.15, 0.2) is 12.1 Å². The first-order chi connectivity index (χ1) is 11.3. The molecule has 0 atom stereocenters. The van der Waals surface area contributed by atoms with E-state index in [1.807, 2.05) is 6.07 Å². The number of nitriles is 1. The first-order valence-corrected chi connectivity index (χ1v) is 7.11.